The first kappa shape index (κ1) is 13.1. The SMILES string of the molecule is O=C1OC(=O)c2c1cccc2C(O)C(O)CCS. The van der Waals surface area contributed by atoms with Crippen LogP contribution in [0.4, 0.5) is 0 Å². The minimum atomic E-state index is -1.24. The van der Waals surface area contributed by atoms with Crippen molar-refractivity contribution in [1.29, 1.82) is 0 Å². The van der Waals surface area contributed by atoms with Gasteiger partial charge < -0.3 is 14.9 Å². The molecule has 1 aliphatic heterocycles. The molecule has 5 nitrogen and oxygen atoms in total. The highest BCUT2D eigenvalue weighted by atomic mass is 32.1. The summed E-state index contributed by atoms with van der Waals surface area (Å²) >= 11 is 3.96. The molecule has 1 aliphatic rings. The molecule has 0 spiro atoms. The van der Waals surface area contributed by atoms with Crippen LogP contribution in [0.2, 0.25) is 0 Å². The van der Waals surface area contributed by atoms with E-state index in [0.717, 1.165) is 0 Å². The molecule has 2 rings (SSSR count). The molecule has 0 bridgehead atoms. The van der Waals surface area contributed by atoms with Crippen molar-refractivity contribution in [1.82, 2.24) is 0 Å². The molecule has 6 heteroatoms. The molecular weight excluding hydrogens is 256 g/mol. The predicted molar refractivity (Wildman–Crippen MR) is 65.6 cm³/mol. The van der Waals surface area contributed by atoms with Gasteiger partial charge >= 0.3 is 11.9 Å². The molecule has 96 valence electrons. The molecule has 0 radical (unpaired) electrons. The molecule has 2 N–H and O–H groups in total. The summed E-state index contributed by atoms with van der Waals surface area (Å²) in [5.74, 6) is -1.12. The number of thiol groups is 1. The number of rotatable bonds is 4. The summed E-state index contributed by atoms with van der Waals surface area (Å²) in [7, 11) is 0. The number of ether oxygens (including phenoxy) is 1. The fourth-order valence-corrected chi connectivity index (χ4v) is 2.17. The first-order valence-corrected chi connectivity index (χ1v) is 6.06. The zero-order valence-electron chi connectivity index (χ0n) is 9.37. The Hall–Kier alpha value is -1.37. The Labute approximate surface area is 109 Å². The van der Waals surface area contributed by atoms with Gasteiger partial charge in [0.2, 0.25) is 0 Å². The van der Waals surface area contributed by atoms with E-state index in [1.54, 1.807) is 0 Å². The lowest BCUT2D eigenvalue weighted by Crippen LogP contribution is -2.20. The predicted octanol–water partition coefficient (Wildman–Crippen LogP) is 0.711. The second kappa shape index (κ2) is 5.09. The van der Waals surface area contributed by atoms with Crippen LogP contribution in [-0.4, -0.2) is 34.0 Å². The Balaban J connectivity index is 2.41. The molecule has 1 heterocycles. The van der Waals surface area contributed by atoms with Crippen LogP contribution in [0.25, 0.3) is 0 Å². The lowest BCUT2D eigenvalue weighted by molar-refractivity contribution is 0.0163. The van der Waals surface area contributed by atoms with E-state index in [4.69, 9.17) is 0 Å². The maximum Gasteiger partial charge on any atom is 0.347 e. The fraction of sp³-hybridized carbons (Fsp3) is 0.333. The van der Waals surface area contributed by atoms with Crippen molar-refractivity contribution in [2.75, 3.05) is 5.75 Å². The van der Waals surface area contributed by atoms with Crippen molar-refractivity contribution >= 4 is 24.6 Å². The molecule has 0 saturated carbocycles. The van der Waals surface area contributed by atoms with Gasteiger partial charge in [0.15, 0.2) is 0 Å². The number of esters is 2. The second-order valence-corrected chi connectivity index (χ2v) is 4.42. The van der Waals surface area contributed by atoms with Crippen molar-refractivity contribution in [3.8, 4) is 0 Å². The van der Waals surface area contributed by atoms with Crippen LogP contribution in [0.1, 0.15) is 38.8 Å². The lowest BCUT2D eigenvalue weighted by Gasteiger charge is -2.18. The highest BCUT2D eigenvalue weighted by Crippen LogP contribution is 2.30. The second-order valence-electron chi connectivity index (χ2n) is 3.97. The number of hydrogen-bond donors (Lipinski definition) is 3. The third-order valence-electron chi connectivity index (χ3n) is 2.81. The monoisotopic (exact) mass is 268 g/mol. The van der Waals surface area contributed by atoms with E-state index >= 15 is 0 Å². The molecular formula is C12H12O5S. The quantitative estimate of drug-likeness (QED) is 0.425. The third kappa shape index (κ3) is 2.14. The number of cyclic esters (lactones) is 2. The van der Waals surface area contributed by atoms with Gasteiger partial charge in [0.25, 0.3) is 0 Å². The molecule has 0 aliphatic carbocycles. The van der Waals surface area contributed by atoms with Gasteiger partial charge in [-0.25, -0.2) is 9.59 Å². The van der Waals surface area contributed by atoms with Gasteiger partial charge in [0.1, 0.15) is 6.10 Å². The Morgan fingerprint density at radius 1 is 1.22 bits per heavy atom. The van der Waals surface area contributed by atoms with E-state index < -0.39 is 24.1 Å². The summed E-state index contributed by atoms with van der Waals surface area (Å²) < 4.78 is 4.48. The third-order valence-corrected chi connectivity index (χ3v) is 3.07. The Morgan fingerprint density at radius 3 is 2.61 bits per heavy atom. The van der Waals surface area contributed by atoms with Crippen LogP contribution in [0.15, 0.2) is 18.2 Å². The van der Waals surface area contributed by atoms with Crippen LogP contribution in [-0.2, 0) is 4.74 Å². The summed E-state index contributed by atoms with van der Waals surface area (Å²) in [6.07, 6.45) is -2.01. The van der Waals surface area contributed by atoms with E-state index in [-0.39, 0.29) is 23.1 Å². The van der Waals surface area contributed by atoms with Gasteiger partial charge in [-0.2, -0.15) is 12.6 Å². The van der Waals surface area contributed by atoms with E-state index in [9.17, 15) is 19.8 Å². The van der Waals surface area contributed by atoms with Crippen LogP contribution in [0.3, 0.4) is 0 Å². The smallest absolute Gasteiger partial charge is 0.347 e. The average Bonchev–Trinajstić information content (AvgIpc) is 2.65. The zero-order chi connectivity index (χ0) is 13.3. The van der Waals surface area contributed by atoms with Gasteiger partial charge in [-0.1, -0.05) is 12.1 Å². The summed E-state index contributed by atoms with van der Waals surface area (Å²) in [4.78, 5) is 22.9. The first-order chi connectivity index (χ1) is 8.56. The maximum absolute atomic E-state index is 11.5. The highest BCUT2D eigenvalue weighted by molar-refractivity contribution is 7.80. The molecule has 2 atom stereocenters. The molecule has 0 aromatic heterocycles. The van der Waals surface area contributed by atoms with Crippen molar-refractivity contribution in [2.24, 2.45) is 0 Å². The van der Waals surface area contributed by atoms with E-state index in [1.807, 2.05) is 0 Å². The van der Waals surface area contributed by atoms with Crippen molar-refractivity contribution in [2.45, 2.75) is 18.6 Å². The zero-order valence-corrected chi connectivity index (χ0v) is 10.3. The van der Waals surface area contributed by atoms with Crippen molar-refractivity contribution < 1.29 is 24.5 Å². The Kier molecular flexibility index (Phi) is 3.70. The van der Waals surface area contributed by atoms with Gasteiger partial charge in [-0.15, -0.1) is 0 Å². The molecule has 0 fully saturated rings. The fourth-order valence-electron chi connectivity index (χ4n) is 1.90. The Bertz CT molecular complexity index is 499. The van der Waals surface area contributed by atoms with Crippen LogP contribution < -0.4 is 0 Å². The number of carbonyl (C=O) groups excluding carboxylic acids is 2. The van der Waals surface area contributed by atoms with E-state index in [2.05, 4.69) is 17.4 Å². The average molecular weight is 268 g/mol. The van der Waals surface area contributed by atoms with Crippen LogP contribution in [0, 0.1) is 0 Å². The minimum Gasteiger partial charge on any atom is -0.390 e. The van der Waals surface area contributed by atoms with Crippen LogP contribution >= 0.6 is 12.6 Å². The highest BCUT2D eigenvalue weighted by Gasteiger charge is 2.35. The molecule has 0 amide bonds. The number of aliphatic hydroxyl groups excluding tert-OH is 2. The van der Waals surface area contributed by atoms with Gasteiger partial charge in [-0.05, 0) is 23.8 Å². The molecule has 1 aromatic carbocycles. The summed E-state index contributed by atoms with van der Waals surface area (Å²) in [5.41, 5.74) is 0.362. The van der Waals surface area contributed by atoms with Gasteiger partial charge in [0.05, 0.1) is 17.2 Å². The number of fused-ring (bicyclic) bond motifs is 1. The molecule has 18 heavy (non-hydrogen) atoms. The normalized spacial score (nSPS) is 17.3. The number of hydrogen-bond acceptors (Lipinski definition) is 6. The lowest BCUT2D eigenvalue weighted by atomic mass is 9.95. The van der Waals surface area contributed by atoms with Crippen LogP contribution in [0.5, 0.6) is 0 Å². The summed E-state index contributed by atoms with van der Waals surface area (Å²) in [6.45, 7) is 0. The van der Waals surface area contributed by atoms with E-state index in [1.165, 1.54) is 18.2 Å². The Morgan fingerprint density at radius 2 is 1.94 bits per heavy atom. The summed E-state index contributed by atoms with van der Waals surface area (Å²) in [5, 5.41) is 19.7. The first-order valence-electron chi connectivity index (χ1n) is 5.42. The van der Waals surface area contributed by atoms with Gasteiger partial charge in [-0.3, -0.25) is 0 Å². The molecule has 0 saturated heterocycles. The standard InChI is InChI=1S/C12H12O5S/c13-8(4-5-18)10(14)6-2-1-3-7-9(6)12(16)17-11(7)15/h1-3,8,10,13-14,18H,4-5H2. The molecule has 2 unspecified atom stereocenters. The maximum atomic E-state index is 11.5. The van der Waals surface area contributed by atoms with Crippen molar-refractivity contribution in [3.05, 3.63) is 34.9 Å². The van der Waals surface area contributed by atoms with E-state index in [0.29, 0.717) is 5.75 Å². The number of aliphatic hydroxyl groups is 2. The minimum absolute atomic E-state index is 0.0354. The number of carbonyl (C=O) groups is 2. The largest absolute Gasteiger partial charge is 0.390 e. The number of benzene rings is 1. The topological polar surface area (TPSA) is 83.8 Å². The van der Waals surface area contributed by atoms with Gasteiger partial charge in [0, 0.05) is 0 Å². The summed E-state index contributed by atoms with van der Waals surface area (Å²) in [6, 6.07) is 4.47. The molecule has 1 aromatic rings. The van der Waals surface area contributed by atoms with Crippen molar-refractivity contribution in [3.63, 3.8) is 0 Å².